The third kappa shape index (κ3) is 1.95. The molecular weight excluding hydrogens is 228 g/mol. The summed E-state index contributed by atoms with van der Waals surface area (Å²) < 4.78 is 19.7. The molecule has 16 heavy (non-hydrogen) atoms. The Morgan fingerprint density at radius 3 is 2.31 bits per heavy atom. The zero-order valence-corrected chi connectivity index (χ0v) is 8.90. The summed E-state index contributed by atoms with van der Waals surface area (Å²) in [5.74, 6) is -0.989. The Bertz CT molecular complexity index is 538. The Balaban J connectivity index is 2.61. The number of carboxylic acid groups (broad SMARTS) is 1. The van der Waals surface area contributed by atoms with Crippen molar-refractivity contribution >= 4 is 27.8 Å². The molecule has 2 N–H and O–H groups in total. The Morgan fingerprint density at radius 2 is 1.69 bits per heavy atom. The van der Waals surface area contributed by atoms with Gasteiger partial charge in [-0.2, -0.15) is 0 Å². The Morgan fingerprint density at radius 1 is 1.06 bits per heavy atom. The molecule has 2 aromatic carbocycles. The van der Waals surface area contributed by atoms with Crippen molar-refractivity contribution in [3.63, 3.8) is 0 Å². The molecule has 0 aliphatic carbocycles. The van der Waals surface area contributed by atoms with Crippen molar-refractivity contribution in [2.24, 2.45) is 0 Å². The highest BCUT2D eigenvalue weighted by Crippen LogP contribution is 2.19. The van der Waals surface area contributed by atoms with Crippen molar-refractivity contribution in [2.45, 2.75) is 4.90 Å². The first kappa shape index (κ1) is 10.8. The van der Waals surface area contributed by atoms with Crippen LogP contribution in [0.25, 0.3) is 10.8 Å². The monoisotopic (exact) mass is 236 g/mol. The number of aromatic carboxylic acids is 1. The Kier molecular flexibility index (Phi) is 2.72. The van der Waals surface area contributed by atoms with Gasteiger partial charge in [0.15, 0.2) is 11.1 Å². The molecule has 1 unspecified atom stereocenters. The van der Waals surface area contributed by atoms with Gasteiger partial charge in [0, 0.05) is 0 Å². The lowest BCUT2D eigenvalue weighted by molar-refractivity contribution is 0.0697. The SMILES string of the molecule is O=C(O)c1ccc2cc(S(=O)O)ccc2c1. The third-order valence-electron chi connectivity index (χ3n) is 2.26. The first-order chi connectivity index (χ1) is 7.58. The first-order valence-electron chi connectivity index (χ1n) is 4.46. The molecule has 0 amide bonds. The van der Waals surface area contributed by atoms with Crippen molar-refractivity contribution in [3.05, 3.63) is 42.0 Å². The van der Waals surface area contributed by atoms with E-state index in [1.165, 1.54) is 18.2 Å². The van der Waals surface area contributed by atoms with E-state index < -0.39 is 17.0 Å². The van der Waals surface area contributed by atoms with E-state index in [1.807, 2.05) is 0 Å². The molecule has 4 nitrogen and oxygen atoms in total. The molecule has 0 saturated carbocycles. The number of hydrogen-bond donors (Lipinski definition) is 2. The summed E-state index contributed by atoms with van der Waals surface area (Å²) in [4.78, 5) is 11.0. The number of rotatable bonds is 2. The average Bonchev–Trinajstić information content (AvgIpc) is 2.27. The van der Waals surface area contributed by atoms with Crippen LogP contribution in [0.1, 0.15) is 10.4 Å². The molecule has 5 heteroatoms. The highest BCUT2D eigenvalue weighted by Gasteiger charge is 2.05. The predicted molar refractivity (Wildman–Crippen MR) is 59.9 cm³/mol. The topological polar surface area (TPSA) is 74.6 Å². The van der Waals surface area contributed by atoms with Gasteiger partial charge in [0.25, 0.3) is 0 Å². The minimum Gasteiger partial charge on any atom is -0.478 e. The van der Waals surface area contributed by atoms with Gasteiger partial charge in [-0.1, -0.05) is 12.1 Å². The molecule has 0 fully saturated rings. The summed E-state index contributed by atoms with van der Waals surface area (Å²) in [7, 11) is 0. The lowest BCUT2D eigenvalue weighted by Crippen LogP contribution is -1.95. The van der Waals surface area contributed by atoms with E-state index in [0.717, 1.165) is 10.8 Å². The highest BCUT2D eigenvalue weighted by molar-refractivity contribution is 7.79. The van der Waals surface area contributed by atoms with Crippen LogP contribution >= 0.6 is 0 Å². The summed E-state index contributed by atoms with van der Waals surface area (Å²) in [6.45, 7) is 0. The van der Waals surface area contributed by atoms with Crippen LogP contribution in [-0.2, 0) is 11.1 Å². The first-order valence-corrected chi connectivity index (χ1v) is 5.56. The lowest BCUT2D eigenvalue weighted by Gasteiger charge is -2.01. The Labute approximate surface area is 93.8 Å². The van der Waals surface area contributed by atoms with Crippen LogP contribution in [0.3, 0.4) is 0 Å². The van der Waals surface area contributed by atoms with E-state index in [0.29, 0.717) is 4.90 Å². The van der Waals surface area contributed by atoms with Crippen LogP contribution in [0, 0.1) is 0 Å². The number of benzene rings is 2. The molecule has 0 aromatic heterocycles. The van der Waals surface area contributed by atoms with Crippen molar-refractivity contribution < 1.29 is 18.7 Å². The van der Waals surface area contributed by atoms with Gasteiger partial charge in [-0.15, -0.1) is 0 Å². The highest BCUT2D eigenvalue weighted by atomic mass is 32.2. The van der Waals surface area contributed by atoms with Gasteiger partial charge in [0.2, 0.25) is 0 Å². The smallest absolute Gasteiger partial charge is 0.335 e. The van der Waals surface area contributed by atoms with Crippen LogP contribution in [0.4, 0.5) is 0 Å². The summed E-state index contributed by atoms with van der Waals surface area (Å²) in [6.07, 6.45) is 0. The molecule has 0 aliphatic rings. The zero-order valence-electron chi connectivity index (χ0n) is 8.08. The number of hydrogen-bond acceptors (Lipinski definition) is 2. The zero-order chi connectivity index (χ0) is 11.7. The van der Waals surface area contributed by atoms with E-state index in [-0.39, 0.29) is 5.56 Å². The van der Waals surface area contributed by atoms with Crippen LogP contribution in [-0.4, -0.2) is 19.8 Å². The van der Waals surface area contributed by atoms with Gasteiger partial charge in [-0.3, -0.25) is 0 Å². The van der Waals surface area contributed by atoms with Gasteiger partial charge < -0.3 is 9.66 Å². The minimum atomic E-state index is -2.02. The van der Waals surface area contributed by atoms with Crippen LogP contribution < -0.4 is 0 Å². The Hall–Kier alpha value is -1.72. The summed E-state index contributed by atoms with van der Waals surface area (Å²) in [5, 5.41) is 10.3. The van der Waals surface area contributed by atoms with Crippen LogP contribution in [0.5, 0.6) is 0 Å². The van der Waals surface area contributed by atoms with Crippen molar-refractivity contribution in [3.8, 4) is 0 Å². The van der Waals surface area contributed by atoms with E-state index in [4.69, 9.17) is 9.66 Å². The average molecular weight is 236 g/mol. The summed E-state index contributed by atoms with van der Waals surface area (Å²) >= 11 is -2.02. The molecule has 1 atom stereocenters. The molecule has 2 aromatic rings. The molecule has 0 spiro atoms. The number of carboxylic acids is 1. The molecular formula is C11H8O4S. The second-order valence-corrected chi connectivity index (χ2v) is 4.25. The van der Waals surface area contributed by atoms with Gasteiger partial charge >= 0.3 is 5.97 Å². The van der Waals surface area contributed by atoms with Crippen LogP contribution in [0.15, 0.2) is 41.3 Å². The second-order valence-electron chi connectivity index (χ2n) is 3.28. The van der Waals surface area contributed by atoms with Crippen molar-refractivity contribution in [1.82, 2.24) is 0 Å². The third-order valence-corrected chi connectivity index (χ3v) is 2.92. The molecule has 0 aliphatic heterocycles. The molecule has 0 radical (unpaired) electrons. The van der Waals surface area contributed by atoms with Crippen LogP contribution in [0.2, 0.25) is 0 Å². The predicted octanol–water partition coefficient (Wildman–Crippen LogP) is 2.12. The van der Waals surface area contributed by atoms with E-state index >= 15 is 0 Å². The van der Waals surface area contributed by atoms with Gasteiger partial charge in [-0.05, 0) is 35.0 Å². The summed E-state index contributed by atoms with van der Waals surface area (Å²) in [6, 6.07) is 9.32. The van der Waals surface area contributed by atoms with Crippen molar-refractivity contribution in [1.29, 1.82) is 0 Å². The van der Waals surface area contributed by atoms with E-state index in [1.54, 1.807) is 18.2 Å². The lowest BCUT2D eigenvalue weighted by atomic mass is 10.1. The standard InChI is InChI=1S/C11H8O4S/c12-11(13)9-2-1-8-6-10(16(14)15)4-3-7(8)5-9/h1-6H,(H,12,13)(H,14,15). The molecule has 0 bridgehead atoms. The fourth-order valence-corrected chi connectivity index (χ4v) is 1.88. The maximum Gasteiger partial charge on any atom is 0.335 e. The van der Waals surface area contributed by atoms with Gasteiger partial charge in [0.1, 0.15) is 0 Å². The van der Waals surface area contributed by atoms with Gasteiger partial charge in [0.05, 0.1) is 10.5 Å². The second kappa shape index (κ2) is 4.03. The fraction of sp³-hybridized carbons (Fsp3) is 0. The minimum absolute atomic E-state index is 0.199. The fourth-order valence-electron chi connectivity index (χ4n) is 1.47. The molecule has 0 heterocycles. The quantitative estimate of drug-likeness (QED) is 0.783. The maximum absolute atomic E-state index is 10.8. The maximum atomic E-state index is 10.8. The van der Waals surface area contributed by atoms with Crippen molar-refractivity contribution in [2.75, 3.05) is 0 Å². The molecule has 82 valence electrons. The van der Waals surface area contributed by atoms with E-state index in [2.05, 4.69) is 0 Å². The van der Waals surface area contributed by atoms with Gasteiger partial charge in [-0.25, -0.2) is 9.00 Å². The summed E-state index contributed by atoms with van der Waals surface area (Å²) in [5.41, 5.74) is 0.199. The molecule has 0 saturated heterocycles. The largest absolute Gasteiger partial charge is 0.478 e. The number of carbonyl (C=O) groups is 1. The molecule has 2 rings (SSSR count). The number of fused-ring (bicyclic) bond motifs is 1. The van der Waals surface area contributed by atoms with E-state index in [9.17, 15) is 9.00 Å². The normalized spacial score (nSPS) is 12.6.